The molecule has 1 aromatic rings. The highest BCUT2D eigenvalue weighted by atomic mass is 16.4. The van der Waals surface area contributed by atoms with Crippen molar-refractivity contribution >= 4 is 17.6 Å². The second-order valence-corrected chi connectivity index (χ2v) is 5.93. The van der Waals surface area contributed by atoms with Crippen molar-refractivity contribution in [2.75, 3.05) is 5.32 Å². The molecule has 2 aliphatic rings. The van der Waals surface area contributed by atoms with Crippen LogP contribution in [-0.2, 0) is 4.79 Å². The van der Waals surface area contributed by atoms with Gasteiger partial charge in [-0.05, 0) is 43.2 Å². The maximum atomic E-state index is 12.3. The van der Waals surface area contributed by atoms with E-state index in [0.717, 1.165) is 12.8 Å². The van der Waals surface area contributed by atoms with Gasteiger partial charge in [-0.15, -0.1) is 0 Å². The number of fused-ring (bicyclic) bond motifs is 1. The van der Waals surface area contributed by atoms with Crippen LogP contribution in [0, 0.1) is 24.7 Å². The molecule has 0 spiro atoms. The zero-order valence-corrected chi connectivity index (χ0v) is 11.6. The topological polar surface area (TPSA) is 66.4 Å². The first-order valence-electron chi connectivity index (χ1n) is 7.23. The quantitative estimate of drug-likeness (QED) is 0.889. The highest BCUT2D eigenvalue weighted by Gasteiger charge is 2.54. The molecule has 0 radical (unpaired) electrons. The zero-order chi connectivity index (χ0) is 14.3. The smallest absolute Gasteiger partial charge is 0.338 e. The highest BCUT2D eigenvalue weighted by molar-refractivity contribution is 6.03. The molecule has 0 heterocycles. The lowest BCUT2D eigenvalue weighted by Crippen LogP contribution is -2.18. The van der Waals surface area contributed by atoms with Crippen molar-refractivity contribution in [1.29, 1.82) is 0 Å². The molecule has 0 saturated heterocycles. The van der Waals surface area contributed by atoms with E-state index in [0.29, 0.717) is 23.1 Å². The number of carbonyl (C=O) groups is 2. The van der Waals surface area contributed by atoms with E-state index in [9.17, 15) is 14.7 Å². The average Bonchev–Trinajstić information content (AvgIpc) is 3.12. The van der Waals surface area contributed by atoms with Crippen molar-refractivity contribution in [3.63, 3.8) is 0 Å². The van der Waals surface area contributed by atoms with Crippen LogP contribution >= 0.6 is 0 Å². The summed E-state index contributed by atoms with van der Waals surface area (Å²) in [6.07, 6.45) is 4.72. The Morgan fingerprint density at radius 3 is 2.45 bits per heavy atom. The zero-order valence-electron chi connectivity index (χ0n) is 11.6. The molecule has 2 unspecified atom stereocenters. The van der Waals surface area contributed by atoms with Crippen LogP contribution in [0.15, 0.2) is 18.2 Å². The van der Waals surface area contributed by atoms with E-state index in [1.54, 1.807) is 25.1 Å². The van der Waals surface area contributed by atoms with Gasteiger partial charge >= 0.3 is 5.97 Å². The largest absolute Gasteiger partial charge is 0.478 e. The first kappa shape index (κ1) is 13.2. The molecule has 0 bridgehead atoms. The Kier molecular flexibility index (Phi) is 3.24. The van der Waals surface area contributed by atoms with Crippen molar-refractivity contribution in [2.45, 2.75) is 32.6 Å². The molecule has 1 aromatic carbocycles. The minimum absolute atomic E-state index is 0.00463. The molecule has 2 aliphatic carbocycles. The van der Waals surface area contributed by atoms with Gasteiger partial charge in [0.05, 0.1) is 11.3 Å². The Balaban J connectivity index is 1.77. The first-order valence-corrected chi connectivity index (χ1v) is 7.23. The Morgan fingerprint density at radius 1 is 1.20 bits per heavy atom. The van der Waals surface area contributed by atoms with Crippen molar-refractivity contribution in [2.24, 2.45) is 17.8 Å². The van der Waals surface area contributed by atoms with Crippen LogP contribution in [0.5, 0.6) is 0 Å². The molecule has 2 atom stereocenters. The molecular formula is C16H19NO3. The molecular weight excluding hydrogens is 254 g/mol. The van der Waals surface area contributed by atoms with E-state index >= 15 is 0 Å². The van der Waals surface area contributed by atoms with Gasteiger partial charge < -0.3 is 10.4 Å². The van der Waals surface area contributed by atoms with Gasteiger partial charge in [-0.3, -0.25) is 4.79 Å². The molecule has 1 amide bonds. The summed E-state index contributed by atoms with van der Waals surface area (Å²) in [5.41, 5.74) is 1.29. The third-order valence-electron chi connectivity index (χ3n) is 4.70. The number of hydrogen-bond acceptors (Lipinski definition) is 2. The van der Waals surface area contributed by atoms with Crippen molar-refractivity contribution in [1.82, 2.24) is 0 Å². The van der Waals surface area contributed by atoms with Crippen LogP contribution < -0.4 is 5.32 Å². The van der Waals surface area contributed by atoms with Crippen LogP contribution in [0.4, 0.5) is 5.69 Å². The number of amides is 1. The van der Waals surface area contributed by atoms with Crippen LogP contribution in [0.2, 0.25) is 0 Å². The predicted molar refractivity (Wildman–Crippen MR) is 75.7 cm³/mol. The maximum absolute atomic E-state index is 12.3. The molecule has 4 nitrogen and oxygen atoms in total. The Labute approximate surface area is 118 Å². The second kappa shape index (κ2) is 4.93. The lowest BCUT2D eigenvalue weighted by Gasteiger charge is -2.10. The van der Waals surface area contributed by atoms with E-state index in [-0.39, 0.29) is 17.4 Å². The molecule has 2 saturated carbocycles. The highest BCUT2D eigenvalue weighted by Crippen LogP contribution is 2.55. The number of carboxylic acids is 1. The number of carbonyl (C=O) groups excluding carboxylic acids is 1. The monoisotopic (exact) mass is 273 g/mol. The number of aryl methyl sites for hydroxylation is 1. The molecule has 2 fully saturated rings. The van der Waals surface area contributed by atoms with Gasteiger partial charge in [0.15, 0.2) is 0 Å². The number of aromatic carboxylic acids is 1. The molecule has 0 aliphatic heterocycles. The summed E-state index contributed by atoms with van der Waals surface area (Å²) >= 11 is 0. The standard InChI is InChI=1S/C16H19NO3/c1-9-5-4-8-12(13(9)16(19)20)17-15(18)14-10-6-2-3-7-11(10)14/h4-5,8,10-11,14H,2-3,6-7H2,1H3,(H,17,18)(H,19,20). The SMILES string of the molecule is Cc1cccc(NC(=O)C2C3CCCCC32)c1C(=O)O. The molecule has 0 aromatic heterocycles. The van der Waals surface area contributed by atoms with Crippen LogP contribution in [0.3, 0.4) is 0 Å². The van der Waals surface area contributed by atoms with E-state index < -0.39 is 5.97 Å². The summed E-state index contributed by atoms with van der Waals surface area (Å²) in [4.78, 5) is 23.6. The second-order valence-electron chi connectivity index (χ2n) is 5.93. The van der Waals surface area contributed by atoms with Gasteiger partial charge in [0, 0.05) is 5.92 Å². The van der Waals surface area contributed by atoms with Crippen molar-refractivity contribution in [3.8, 4) is 0 Å². The fourth-order valence-corrected chi connectivity index (χ4v) is 3.65. The van der Waals surface area contributed by atoms with Crippen LogP contribution in [-0.4, -0.2) is 17.0 Å². The summed E-state index contributed by atoms with van der Waals surface area (Å²) in [7, 11) is 0. The predicted octanol–water partition coefficient (Wildman–Crippen LogP) is 3.07. The van der Waals surface area contributed by atoms with Gasteiger partial charge in [0.2, 0.25) is 5.91 Å². The van der Waals surface area contributed by atoms with Gasteiger partial charge in [-0.1, -0.05) is 25.0 Å². The molecule has 3 rings (SSSR count). The minimum atomic E-state index is -0.994. The maximum Gasteiger partial charge on any atom is 0.338 e. The Morgan fingerprint density at radius 2 is 1.85 bits per heavy atom. The fraction of sp³-hybridized carbons (Fsp3) is 0.500. The summed E-state index contributed by atoms with van der Waals surface area (Å²) in [5.74, 6) is 0.157. The number of nitrogens with one attached hydrogen (secondary N) is 1. The van der Waals surface area contributed by atoms with Crippen LogP contribution in [0.25, 0.3) is 0 Å². The molecule has 4 heteroatoms. The van der Waals surface area contributed by atoms with E-state index in [2.05, 4.69) is 5.32 Å². The average molecular weight is 273 g/mol. The molecule has 106 valence electrons. The summed E-state index contributed by atoms with van der Waals surface area (Å²) in [6.45, 7) is 1.75. The Hall–Kier alpha value is -1.84. The van der Waals surface area contributed by atoms with Gasteiger partial charge in [-0.25, -0.2) is 4.79 Å². The number of benzene rings is 1. The van der Waals surface area contributed by atoms with Gasteiger partial charge in [0.25, 0.3) is 0 Å². The lowest BCUT2D eigenvalue weighted by atomic mass is 10.0. The summed E-state index contributed by atoms with van der Waals surface area (Å²) in [5, 5.41) is 12.1. The first-order chi connectivity index (χ1) is 9.59. The Bertz CT molecular complexity index is 555. The van der Waals surface area contributed by atoms with Gasteiger partial charge in [-0.2, -0.15) is 0 Å². The van der Waals surface area contributed by atoms with Gasteiger partial charge in [0.1, 0.15) is 0 Å². The fourth-order valence-electron chi connectivity index (χ4n) is 3.65. The number of rotatable bonds is 3. The normalized spacial score (nSPS) is 27.6. The van der Waals surface area contributed by atoms with E-state index in [1.165, 1.54) is 12.8 Å². The summed E-state index contributed by atoms with van der Waals surface area (Å²) < 4.78 is 0. The van der Waals surface area contributed by atoms with E-state index in [1.807, 2.05) is 0 Å². The third kappa shape index (κ3) is 2.19. The van der Waals surface area contributed by atoms with E-state index in [4.69, 9.17) is 0 Å². The number of anilines is 1. The molecule has 2 N–H and O–H groups in total. The third-order valence-corrected chi connectivity index (χ3v) is 4.70. The number of carboxylic acid groups (broad SMARTS) is 1. The minimum Gasteiger partial charge on any atom is -0.478 e. The lowest BCUT2D eigenvalue weighted by molar-refractivity contribution is -0.117. The van der Waals surface area contributed by atoms with Crippen molar-refractivity contribution < 1.29 is 14.7 Å². The van der Waals surface area contributed by atoms with Crippen LogP contribution in [0.1, 0.15) is 41.6 Å². The number of hydrogen-bond donors (Lipinski definition) is 2. The van der Waals surface area contributed by atoms with Crippen molar-refractivity contribution in [3.05, 3.63) is 29.3 Å². The molecule has 20 heavy (non-hydrogen) atoms. The summed E-state index contributed by atoms with van der Waals surface area (Å²) in [6, 6.07) is 5.19.